The first-order valence-corrected chi connectivity index (χ1v) is 7.44. The molecule has 1 aromatic rings. The Morgan fingerprint density at radius 3 is 2.84 bits per heavy atom. The molecule has 0 aromatic heterocycles. The van der Waals surface area contributed by atoms with Crippen molar-refractivity contribution in [1.29, 1.82) is 0 Å². The highest BCUT2D eigenvalue weighted by atomic mass is 16.5. The minimum Gasteiger partial charge on any atom is -0.491 e. The lowest BCUT2D eigenvalue weighted by molar-refractivity contribution is 0.322. The van der Waals surface area contributed by atoms with Gasteiger partial charge >= 0.3 is 0 Å². The van der Waals surface area contributed by atoms with Crippen LogP contribution in [0.4, 0.5) is 5.69 Å². The molecule has 0 amide bonds. The summed E-state index contributed by atoms with van der Waals surface area (Å²) in [4.78, 5) is 2.51. The van der Waals surface area contributed by atoms with Gasteiger partial charge in [0.1, 0.15) is 5.75 Å². The highest BCUT2D eigenvalue weighted by Gasteiger charge is 2.22. The number of hydrogen-bond acceptors (Lipinski definition) is 3. The Morgan fingerprint density at radius 1 is 1.32 bits per heavy atom. The predicted molar refractivity (Wildman–Crippen MR) is 81.1 cm³/mol. The van der Waals surface area contributed by atoms with E-state index in [4.69, 9.17) is 4.74 Å². The summed E-state index contributed by atoms with van der Waals surface area (Å²) in [5, 5.41) is 3.56. The van der Waals surface area contributed by atoms with Crippen LogP contribution in [0, 0.1) is 0 Å². The van der Waals surface area contributed by atoms with Crippen LogP contribution in [-0.4, -0.2) is 31.8 Å². The summed E-state index contributed by atoms with van der Waals surface area (Å²) < 4.78 is 5.84. The van der Waals surface area contributed by atoms with E-state index in [1.165, 1.54) is 5.69 Å². The number of fused-ring (bicyclic) bond motifs is 1. The lowest BCUT2D eigenvalue weighted by atomic mass is 10.1. The third-order valence-electron chi connectivity index (χ3n) is 3.65. The number of nitrogens with one attached hydrogen (secondary N) is 1. The molecule has 3 nitrogen and oxygen atoms in total. The Kier molecular flexibility index (Phi) is 5.08. The average Bonchev–Trinajstić information content (AvgIpc) is 2.62. The largest absolute Gasteiger partial charge is 0.491 e. The molecule has 1 unspecified atom stereocenters. The lowest BCUT2D eigenvalue weighted by Gasteiger charge is -2.33. The van der Waals surface area contributed by atoms with Gasteiger partial charge in [0.15, 0.2) is 0 Å². The second-order valence-electron chi connectivity index (χ2n) is 5.49. The first-order chi connectivity index (χ1) is 9.22. The molecule has 0 saturated carbocycles. The molecular formula is C16H26N2O. The SMILES string of the molecule is CCC(CNC(C)C)N1CCCOc2ccccc21. The molecule has 106 valence electrons. The van der Waals surface area contributed by atoms with Crippen molar-refractivity contribution in [2.75, 3.05) is 24.6 Å². The van der Waals surface area contributed by atoms with E-state index in [1.807, 2.05) is 0 Å². The Hall–Kier alpha value is -1.22. The van der Waals surface area contributed by atoms with Gasteiger partial charge in [-0.25, -0.2) is 0 Å². The van der Waals surface area contributed by atoms with Crippen molar-refractivity contribution in [3.05, 3.63) is 24.3 Å². The molecule has 19 heavy (non-hydrogen) atoms. The topological polar surface area (TPSA) is 24.5 Å². The van der Waals surface area contributed by atoms with Gasteiger partial charge in [0.05, 0.1) is 12.3 Å². The van der Waals surface area contributed by atoms with E-state index in [0.717, 1.165) is 38.3 Å². The van der Waals surface area contributed by atoms with E-state index >= 15 is 0 Å². The van der Waals surface area contributed by atoms with Crippen molar-refractivity contribution >= 4 is 5.69 Å². The molecule has 1 aromatic carbocycles. The van der Waals surface area contributed by atoms with Crippen LogP contribution in [0.1, 0.15) is 33.6 Å². The summed E-state index contributed by atoms with van der Waals surface area (Å²) in [6.45, 7) is 9.60. The molecule has 1 aliphatic rings. The number of ether oxygens (including phenoxy) is 1. The quantitative estimate of drug-likeness (QED) is 0.882. The lowest BCUT2D eigenvalue weighted by Crippen LogP contribution is -2.44. The molecule has 0 saturated heterocycles. The first-order valence-electron chi connectivity index (χ1n) is 7.44. The molecule has 1 aliphatic heterocycles. The molecule has 0 radical (unpaired) electrons. The molecule has 3 heteroatoms. The molecule has 2 rings (SSSR count). The number of rotatable bonds is 5. The van der Waals surface area contributed by atoms with Crippen LogP contribution < -0.4 is 15.0 Å². The van der Waals surface area contributed by atoms with Crippen molar-refractivity contribution in [2.45, 2.75) is 45.7 Å². The summed E-state index contributed by atoms with van der Waals surface area (Å²) in [7, 11) is 0. The van der Waals surface area contributed by atoms with E-state index in [-0.39, 0.29) is 0 Å². The van der Waals surface area contributed by atoms with Gasteiger partial charge in [-0.05, 0) is 25.0 Å². The normalized spacial score (nSPS) is 16.7. The van der Waals surface area contributed by atoms with Gasteiger partial charge in [-0.1, -0.05) is 32.9 Å². The van der Waals surface area contributed by atoms with Gasteiger partial charge in [0.25, 0.3) is 0 Å². The molecule has 0 spiro atoms. The summed E-state index contributed by atoms with van der Waals surface area (Å²) in [5.74, 6) is 1.03. The maximum Gasteiger partial charge on any atom is 0.142 e. The fourth-order valence-electron chi connectivity index (χ4n) is 2.58. The van der Waals surface area contributed by atoms with Crippen LogP contribution in [0.3, 0.4) is 0 Å². The summed E-state index contributed by atoms with van der Waals surface area (Å²) in [6.07, 6.45) is 2.24. The first kappa shape index (κ1) is 14.2. The summed E-state index contributed by atoms with van der Waals surface area (Å²) >= 11 is 0. The minimum absolute atomic E-state index is 0.533. The van der Waals surface area contributed by atoms with Gasteiger partial charge in [0, 0.05) is 25.2 Å². The van der Waals surface area contributed by atoms with Gasteiger partial charge in [0.2, 0.25) is 0 Å². The molecule has 0 bridgehead atoms. The van der Waals surface area contributed by atoms with Crippen LogP contribution in [0.15, 0.2) is 24.3 Å². The van der Waals surface area contributed by atoms with Crippen LogP contribution in [0.2, 0.25) is 0 Å². The molecular weight excluding hydrogens is 236 g/mol. The zero-order chi connectivity index (χ0) is 13.7. The Labute approximate surface area is 116 Å². The zero-order valence-corrected chi connectivity index (χ0v) is 12.4. The van der Waals surface area contributed by atoms with E-state index in [9.17, 15) is 0 Å². The monoisotopic (exact) mass is 262 g/mol. The number of para-hydroxylation sites is 2. The zero-order valence-electron chi connectivity index (χ0n) is 12.4. The van der Waals surface area contributed by atoms with Crippen molar-refractivity contribution < 1.29 is 4.74 Å². The number of benzene rings is 1. The Bertz CT molecular complexity index is 392. The summed E-state index contributed by atoms with van der Waals surface area (Å²) in [6, 6.07) is 9.48. The average molecular weight is 262 g/mol. The maximum atomic E-state index is 5.84. The van der Waals surface area contributed by atoms with Crippen LogP contribution >= 0.6 is 0 Å². The van der Waals surface area contributed by atoms with Gasteiger partial charge in [-0.15, -0.1) is 0 Å². The van der Waals surface area contributed by atoms with Gasteiger partial charge in [-0.2, -0.15) is 0 Å². The minimum atomic E-state index is 0.533. The number of nitrogens with zero attached hydrogens (tertiary/aromatic N) is 1. The van der Waals surface area contributed by atoms with Crippen LogP contribution in [0.5, 0.6) is 5.75 Å². The van der Waals surface area contributed by atoms with Crippen molar-refractivity contribution in [3.8, 4) is 5.75 Å². The standard InChI is InChI=1S/C16H26N2O/c1-4-14(12-17-13(2)3)18-10-7-11-19-16-9-6-5-8-15(16)18/h5-6,8-9,13-14,17H,4,7,10-12H2,1-3H3. The number of anilines is 1. The smallest absolute Gasteiger partial charge is 0.142 e. The van der Waals surface area contributed by atoms with Crippen molar-refractivity contribution in [3.63, 3.8) is 0 Å². The fourth-order valence-corrected chi connectivity index (χ4v) is 2.58. The molecule has 1 atom stereocenters. The van der Waals surface area contributed by atoms with E-state index < -0.39 is 0 Å². The third-order valence-corrected chi connectivity index (χ3v) is 3.65. The van der Waals surface area contributed by atoms with Crippen LogP contribution in [0.25, 0.3) is 0 Å². The Balaban J connectivity index is 2.17. The van der Waals surface area contributed by atoms with E-state index in [2.05, 4.69) is 55.3 Å². The second kappa shape index (κ2) is 6.80. The van der Waals surface area contributed by atoms with Crippen LogP contribution in [-0.2, 0) is 0 Å². The molecule has 0 fully saturated rings. The molecule has 1 heterocycles. The fraction of sp³-hybridized carbons (Fsp3) is 0.625. The highest BCUT2D eigenvalue weighted by Crippen LogP contribution is 2.32. The van der Waals surface area contributed by atoms with Gasteiger partial charge in [-0.3, -0.25) is 0 Å². The molecule has 0 aliphatic carbocycles. The Morgan fingerprint density at radius 2 is 2.11 bits per heavy atom. The summed E-state index contributed by atoms with van der Waals surface area (Å²) in [5.41, 5.74) is 1.25. The van der Waals surface area contributed by atoms with Crippen molar-refractivity contribution in [1.82, 2.24) is 5.32 Å². The van der Waals surface area contributed by atoms with Crippen molar-refractivity contribution in [2.24, 2.45) is 0 Å². The van der Waals surface area contributed by atoms with E-state index in [0.29, 0.717) is 12.1 Å². The third kappa shape index (κ3) is 3.63. The second-order valence-corrected chi connectivity index (χ2v) is 5.49. The predicted octanol–water partition coefficient (Wildman–Crippen LogP) is 3.05. The highest BCUT2D eigenvalue weighted by molar-refractivity contribution is 5.59. The molecule has 1 N–H and O–H groups in total. The van der Waals surface area contributed by atoms with E-state index in [1.54, 1.807) is 0 Å². The van der Waals surface area contributed by atoms with Gasteiger partial charge < -0.3 is 15.0 Å². The maximum absolute atomic E-state index is 5.84. The number of hydrogen-bond donors (Lipinski definition) is 1.